The smallest absolute Gasteiger partial charge is 0.332 e. The van der Waals surface area contributed by atoms with Gasteiger partial charge in [0.25, 0.3) is 5.24 Å². The minimum atomic E-state index is -4.88. The molecule has 1 aromatic carbocycles. The molecule has 0 aliphatic carbocycles. The van der Waals surface area contributed by atoms with Crippen LogP contribution < -0.4 is 0 Å². The predicted molar refractivity (Wildman–Crippen MR) is 69.7 cm³/mol. The summed E-state index contributed by atoms with van der Waals surface area (Å²) in [6.07, 6.45) is 0. The van der Waals surface area contributed by atoms with Crippen LogP contribution in [0.25, 0.3) is 0 Å². The third kappa shape index (κ3) is 3.74. The number of thioether (sulfide) groups is 1. The van der Waals surface area contributed by atoms with Crippen molar-refractivity contribution in [1.29, 1.82) is 0 Å². The summed E-state index contributed by atoms with van der Waals surface area (Å²) in [5.74, 6) is 0. The molecule has 9 heteroatoms. The SMILES string of the molecule is CN(C)C(=O)Sc1c(Cl)cc(S(=O)(=O)F)cc1Cl. The van der Waals surface area contributed by atoms with Crippen molar-refractivity contribution < 1.29 is 17.1 Å². The van der Waals surface area contributed by atoms with Gasteiger partial charge in [0, 0.05) is 14.1 Å². The standard InChI is InChI=1S/C9H8Cl2FNO3S2/c1-13(2)9(14)17-8-6(10)3-5(4-7(8)11)18(12,15)16/h3-4H,1-2H3. The second-order valence-electron chi connectivity index (χ2n) is 3.42. The van der Waals surface area contributed by atoms with E-state index in [9.17, 15) is 17.1 Å². The van der Waals surface area contributed by atoms with Gasteiger partial charge in [-0.15, -0.1) is 3.89 Å². The molecule has 0 spiro atoms. The zero-order chi connectivity index (χ0) is 14.1. The van der Waals surface area contributed by atoms with Crippen LogP contribution in [0.2, 0.25) is 10.0 Å². The van der Waals surface area contributed by atoms with Gasteiger partial charge in [-0.05, 0) is 23.9 Å². The van der Waals surface area contributed by atoms with E-state index in [0.717, 1.165) is 23.9 Å². The highest BCUT2D eigenvalue weighted by Gasteiger charge is 2.19. The molecule has 0 radical (unpaired) electrons. The highest BCUT2D eigenvalue weighted by atomic mass is 35.5. The van der Waals surface area contributed by atoms with Crippen molar-refractivity contribution in [3.8, 4) is 0 Å². The zero-order valence-electron chi connectivity index (χ0n) is 9.28. The van der Waals surface area contributed by atoms with E-state index in [-0.39, 0.29) is 20.2 Å². The van der Waals surface area contributed by atoms with E-state index in [1.807, 2.05) is 0 Å². The Hall–Kier alpha value is -0.500. The van der Waals surface area contributed by atoms with Crippen molar-refractivity contribution in [2.75, 3.05) is 14.1 Å². The molecule has 0 fully saturated rings. The van der Waals surface area contributed by atoms with Crippen LogP contribution in [0.4, 0.5) is 8.68 Å². The maximum Gasteiger partial charge on any atom is 0.332 e. The summed E-state index contributed by atoms with van der Waals surface area (Å²) in [6.45, 7) is 0. The molecule has 18 heavy (non-hydrogen) atoms. The molecule has 0 unspecified atom stereocenters. The Labute approximate surface area is 118 Å². The van der Waals surface area contributed by atoms with E-state index in [0.29, 0.717) is 0 Å². The first-order chi connectivity index (χ1) is 8.12. The number of halogens is 3. The lowest BCUT2D eigenvalue weighted by Crippen LogP contribution is -2.16. The van der Waals surface area contributed by atoms with Gasteiger partial charge in [0.1, 0.15) is 4.90 Å². The fourth-order valence-electron chi connectivity index (χ4n) is 0.954. The van der Waals surface area contributed by atoms with Crippen LogP contribution in [0.5, 0.6) is 0 Å². The molecule has 0 saturated carbocycles. The second kappa shape index (κ2) is 5.64. The van der Waals surface area contributed by atoms with Gasteiger partial charge in [-0.3, -0.25) is 4.79 Å². The van der Waals surface area contributed by atoms with Crippen LogP contribution in [0.3, 0.4) is 0 Å². The van der Waals surface area contributed by atoms with Crippen LogP contribution in [0.15, 0.2) is 21.9 Å². The van der Waals surface area contributed by atoms with Gasteiger partial charge in [-0.25, -0.2) is 0 Å². The number of hydrogen-bond acceptors (Lipinski definition) is 4. The van der Waals surface area contributed by atoms with Crippen molar-refractivity contribution in [3.63, 3.8) is 0 Å². The van der Waals surface area contributed by atoms with Crippen LogP contribution in [0, 0.1) is 0 Å². The normalized spacial score (nSPS) is 11.4. The highest BCUT2D eigenvalue weighted by molar-refractivity contribution is 8.13. The quantitative estimate of drug-likeness (QED) is 0.615. The maximum absolute atomic E-state index is 12.8. The first kappa shape index (κ1) is 15.6. The Kier molecular flexibility index (Phi) is 4.88. The van der Waals surface area contributed by atoms with Gasteiger partial charge in [-0.2, -0.15) is 8.42 Å². The molecule has 1 amide bonds. The lowest BCUT2D eigenvalue weighted by Gasteiger charge is -2.11. The topological polar surface area (TPSA) is 54.5 Å². The molecule has 0 aliphatic rings. The Morgan fingerprint density at radius 3 is 2.06 bits per heavy atom. The molecule has 1 rings (SSSR count). The van der Waals surface area contributed by atoms with Crippen molar-refractivity contribution in [3.05, 3.63) is 22.2 Å². The molecular weight excluding hydrogens is 324 g/mol. The van der Waals surface area contributed by atoms with E-state index in [1.165, 1.54) is 19.0 Å². The Balaban J connectivity index is 3.22. The van der Waals surface area contributed by atoms with E-state index in [4.69, 9.17) is 23.2 Å². The van der Waals surface area contributed by atoms with Crippen LogP contribution in [-0.4, -0.2) is 32.7 Å². The summed E-state index contributed by atoms with van der Waals surface area (Å²) >= 11 is 12.3. The second-order valence-corrected chi connectivity index (χ2v) is 6.54. The van der Waals surface area contributed by atoms with Gasteiger partial charge in [-0.1, -0.05) is 23.2 Å². The molecular formula is C9H8Cl2FNO3S2. The van der Waals surface area contributed by atoms with Crippen LogP contribution >= 0.6 is 35.0 Å². The van der Waals surface area contributed by atoms with Gasteiger partial charge in [0.2, 0.25) is 0 Å². The summed E-state index contributed by atoms with van der Waals surface area (Å²) in [6, 6.07) is 1.82. The molecule has 0 aromatic heterocycles. The minimum Gasteiger partial charge on any atom is -0.339 e. The summed E-state index contributed by atoms with van der Waals surface area (Å²) in [5.41, 5.74) is 0. The number of nitrogens with zero attached hydrogens (tertiary/aromatic N) is 1. The van der Waals surface area contributed by atoms with Gasteiger partial charge < -0.3 is 4.90 Å². The van der Waals surface area contributed by atoms with Crippen molar-refractivity contribution in [1.82, 2.24) is 4.90 Å². The lowest BCUT2D eigenvalue weighted by molar-refractivity contribution is 0.241. The molecule has 0 saturated heterocycles. The number of amides is 1. The van der Waals surface area contributed by atoms with E-state index in [2.05, 4.69) is 0 Å². The highest BCUT2D eigenvalue weighted by Crippen LogP contribution is 2.37. The molecule has 0 aliphatic heterocycles. The van der Waals surface area contributed by atoms with Crippen LogP contribution in [-0.2, 0) is 10.2 Å². The first-order valence-electron chi connectivity index (χ1n) is 4.45. The number of carbonyl (C=O) groups is 1. The van der Waals surface area contributed by atoms with Gasteiger partial charge >= 0.3 is 10.2 Å². The molecule has 4 nitrogen and oxygen atoms in total. The number of carbonyl (C=O) groups excluding carboxylic acids is 1. The molecule has 0 N–H and O–H groups in total. The molecule has 100 valence electrons. The Morgan fingerprint density at radius 2 is 1.72 bits per heavy atom. The third-order valence-electron chi connectivity index (χ3n) is 1.81. The van der Waals surface area contributed by atoms with E-state index >= 15 is 0 Å². The molecule has 0 heterocycles. The largest absolute Gasteiger partial charge is 0.339 e. The molecule has 0 bridgehead atoms. The third-order valence-corrected chi connectivity index (χ3v) is 4.61. The minimum absolute atomic E-state index is 0.0982. The maximum atomic E-state index is 12.8. The van der Waals surface area contributed by atoms with Crippen molar-refractivity contribution in [2.24, 2.45) is 0 Å². The summed E-state index contributed by atoms with van der Waals surface area (Å²) < 4.78 is 34.2. The summed E-state index contributed by atoms with van der Waals surface area (Å²) in [7, 11) is -1.80. The fraction of sp³-hybridized carbons (Fsp3) is 0.222. The zero-order valence-corrected chi connectivity index (χ0v) is 12.4. The predicted octanol–water partition coefficient (Wildman–Crippen LogP) is 3.43. The number of rotatable bonds is 2. The first-order valence-corrected chi connectivity index (χ1v) is 7.41. The number of hydrogen-bond donors (Lipinski definition) is 0. The van der Waals surface area contributed by atoms with E-state index < -0.39 is 15.1 Å². The van der Waals surface area contributed by atoms with E-state index in [1.54, 1.807) is 0 Å². The average molecular weight is 332 g/mol. The fourth-order valence-corrected chi connectivity index (χ4v) is 2.99. The summed E-state index contributed by atoms with van der Waals surface area (Å²) in [4.78, 5) is 12.3. The van der Waals surface area contributed by atoms with Gasteiger partial charge in [0.15, 0.2) is 0 Å². The average Bonchev–Trinajstić information content (AvgIpc) is 2.21. The number of benzene rings is 1. The summed E-state index contributed by atoms with van der Waals surface area (Å²) in [5, 5.41) is -0.535. The van der Waals surface area contributed by atoms with Gasteiger partial charge in [0.05, 0.1) is 14.9 Å². The molecule has 0 atom stereocenters. The lowest BCUT2D eigenvalue weighted by atomic mass is 10.3. The Bertz CT molecular complexity index is 566. The van der Waals surface area contributed by atoms with Crippen LogP contribution in [0.1, 0.15) is 0 Å². The Morgan fingerprint density at radius 1 is 1.28 bits per heavy atom. The monoisotopic (exact) mass is 331 g/mol. The van der Waals surface area contributed by atoms with Crippen molar-refractivity contribution >= 4 is 50.4 Å². The molecule has 1 aromatic rings. The van der Waals surface area contributed by atoms with Crippen molar-refractivity contribution in [2.45, 2.75) is 9.79 Å².